The van der Waals surface area contributed by atoms with Crippen LogP contribution in [-0.4, -0.2) is 81.4 Å². The molecule has 0 atom stereocenters. The van der Waals surface area contributed by atoms with E-state index in [1.54, 1.807) is 51.5 Å². The first kappa shape index (κ1) is 22.8. The zero-order valence-electron chi connectivity index (χ0n) is 19.3. The Hall–Kier alpha value is -3.63. The second-order valence-corrected chi connectivity index (χ2v) is 9.98. The highest BCUT2D eigenvalue weighted by atomic mass is 32.1. The molecule has 4 aromatic rings. The van der Waals surface area contributed by atoms with E-state index >= 15 is 4.39 Å². The van der Waals surface area contributed by atoms with E-state index in [4.69, 9.17) is 0 Å². The first-order valence-electron chi connectivity index (χ1n) is 11.8. The van der Waals surface area contributed by atoms with Gasteiger partial charge in [-0.05, 0) is 42.5 Å². The monoisotopic (exact) mass is 507 g/mol. The van der Waals surface area contributed by atoms with Crippen molar-refractivity contribution in [1.29, 1.82) is 0 Å². The molecule has 4 heterocycles. The first-order chi connectivity index (χ1) is 17.5. The maximum absolute atomic E-state index is 15.1. The van der Waals surface area contributed by atoms with Crippen LogP contribution in [0.5, 0.6) is 0 Å². The molecule has 2 aliphatic rings. The summed E-state index contributed by atoms with van der Waals surface area (Å²) in [6.07, 6.45) is 3.35. The highest BCUT2D eigenvalue weighted by Crippen LogP contribution is 2.27. The minimum Gasteiger partial charge on any atom is -0.335 e. The topological polar surface area (TPSA) is 61.7 Å². The first-order valence-corrected chi connectivity index (χ1v) is 12.6. The highest BCUT2D eigenvalue weighted by Gasteiger charge is 2.37. The van der Waals surface area contributed by atoms with Gasteiger partial charge in [-0.25, -0.2) is 13.8 Å². The largest absolute Gasteiger partial charge is 0.335 e. The lowest BCUT2D eigenvalue weighted by Crippen LogP contribution is -2.64. The molecule has 2 fully saturated rings. The van der Waals surface area contributed by atoms with Crippen molar-refractivity contribution >= 4 is 34.1 Å². The Morgan fingerprint density at radius 3 is 2.36 bits per heavy atom. The molecule has 2 amide bonds. The van der Waals surface area contributed by atoms with Crippen LogP contribution in [0.25, 0.3) is 16.6 Å². The molecule has 36 heavy (non-hydrogen) atoms. The van der Waals surface area contributed by atoms with Crippen molar-refractivity contribution in [2.24, 2.45) is 0 Å². The van der Waals surface area contributed by atoms with E-state index in [0.717, 1.165) is 13.1 Å². The zero-order chi connectivity index (χ0) is 24.8. The van der Waals surface area contributed by atoms with Gasteiger partial charge in [-0.2, -0.15) is 0 Å². The Bertz CT molecular complexity index is 1420. The Morgan fingerprint density at radius 1 is 0.917 bits per heavy atom. The summed E-state index contributed by atoms with van der Waals surface area (Å²) in [4.78, 5) is 35.5. The average Bonchev–Trinajstić information content (AvgIpc) is 3.54. The molecule has 2 saturated heterocycles. The second-order valence-electron chi connectivity index (χ2n) is 9.09. The molecule has 0 radical (unpaired) electrons. The summed E-state index contributed by atoms with van der Waals surface area (Å²) < 4.78 is 30.0. The molecule has 0 N–H and O–H groups in total. The number of carbonyl (C=O) groups is 2. The van der Waals surface area contributed by atoms with E-state index in [1.165, 1.54) is 29.5 Å². The summed E-state index contributed by atoms with van der Waals surface area (Å²) in [6.45, 7) is 3.93. The second kappa shape index (κ2) is 9.11. The van der Waals surface area contributed by atoms with Crippen molar-refractivity contribution in [3.05, 3.63) is 82.4 Å². The SMILES string of the molecule is O=C(c1cc(F)c2c(ccn2-c2ccc(F)cc2)c1)N1CC(N2CCN(C(=O)c3nccs3)CC2)C1. The minimum absolute atomic E-state index is 0.0271. The number of halogens is 2. The van der Waals surface area contributed by atoms with Gasteiger partial charge in [0.25, 0.3) is 11.8 Å². The molecule has 0 unspecified atom stereocenters. The minimum atomic E-state index is -0.497. The van der Waals surface area contributed by atoms with E-state index in [2.05, 4.69) is 9.88 Å². The van der Waals surface area contributed by atoms with Crippen LogP contribution in [0.4, 0.5) is 8.78 Å². The van der Waals surface area contributed by atoms with Crippen LogP contribution in [-0.2, 0) is 0 Å². The van der Waals surface area contributed by atoms with Crippen LogP contribution >= 0.6 is 11.3 Å². The summed E-state index contributed by atoms with van der Waals surface area (Å²) in [5, 5.41) is 2.93. The Kier molecular flexibility index (Phi) is 5.77. The van der Waals surface area contributed by atoms with E-state index in [1.807, 2.05) is 4.90 Å². The number of thiazole rings is 1. The van der Waals surface area contributed by atoms with Gasteiger partial charge in [0.2, 0.25) is 0 Å². The normalized spacial score (nSPS) is 16.9. The number of piperazine rings is 1. The molecule has 7 nitrogen and oxygen atoms in total. The van der Waals surface area contributed by atoms with Crippen LogP contribution in [0.15, 0.2) is 60.2 Å². The lowest BCUT2D eigenvalue weighted by molar-refractivity contribution is 0.00852. The fourth-order valence-corrected chi connectivity index (χ4v) is 5.56. The number of fused-ring (bicyclic) bond motifs is 1. The third-order valence-electron chi connectivity index (χ3n) is 6.97. The molecule has 0 spiro atoms. The summed E-state index contributed by atoms with van der Waals surface area (Å²) in [5.74, 6) is -1.08. The smallest absolute Gasteiger partial charge is 0.282 e. The third-order valence-corrected chi connectivity index (χ3v) is 7.73. The van der Waals surface area contributed by atoms with Gasteiger partial charge in [-0.15, -0.1) is 11.3 Å². The van der Waals surface area contributed by atoms with Crippen LogP contribution in [0.1, 0.15) is 20.2 Å². The molecule has 0 saturated carbocycles. The van der Waals surface area contributed by atoms with Gasteiger partial charge in [-0.1, -0.05) is 0 Å². The maximum Gasteiger partial charge on any atom is 0.282 e. The van der Waals surface area contributed by atoms with Gasteiger partial charge in [0.15, 0.2) is 5.01 Å². The van der Waals surface area contributed by atoms with Crippen molar-refractivity contribution in [3.63, 3.8) is 0 Å². The van der Waals surface area contributed by atoms with E-state index in [-0.39, 0.29) is 23.7 Å². The van der Waals surface area contributed by atoms with Crippen molar-refractivity contribution in [2.45, 2.75) is 6.04 Å². The third kappa shape index (κ3) is 4.06. The number of rotatable bonds is 4. The zero-order valence-corrected chi connectivity index (χ0v) is 20.1. The van der Waals surface area contributed by atoms with Crippen molar-refractivity contribution in [2.75, 3.05) is 39.3 Å². The molecule has 6 rings (SSSR count). The van der Waals surface area contributed by atoms with Crippen LogP contribution in [0.2, 0.25) is 0 Å². The molecule has 184 valence electrons. The summed E-state index contributed by atoms with van der Waals surface area (Å²) >= 11 is 1.35. The fraction of sp³-hybridized carbons (Fsp3) is 0.269. The van der Waals surface area contributed by atoms with Crippen LogP contribution in [0, 0.1) is 11.6 Å². The number of carbonyl (C=O) groups excluding carboxylic acids is 2. The maximum atomic E-state index is 15.1. The number of amides is 2. The predicted molar refractivity (Wildman–Crippen MR) is 132 cm³/mol. The van der Waals surface area contributed by atoms with E-state index in [0.29, 0.717) is 53.3 Å². The quantitative estimate of drug-likeness (QED) is 0.423. The molecular weight excluding hydrogens is 484 g/mol. The molecule has 0 aliphatic carbocycles. The van der Waals surface area contributed by atoms with Gasteiger partial charge in [-0.3, -0.25) is 14.5 Å². The molecule has 0 bridgehead atoms. The Morgan fingerprint density at radius 2 is 1.67 bits per heavy atom. The molecule has 2 aliphatic heterocycles. The van der Waals surface area contributed by atoms with Gasteiger partial charge < -0.3 is 14.4 Å². The standard InChI is InChI=1S/C26H23F2N5O2S/c27-19-1-3-20(4-2-19)33-7-5-17-13-18(14-22(28)23(17)33)25(34)32-15-21(16-32)30-8-10-31(11-9-30)26(35)24-29-6-12-36-24/h1-7,12-14,21H,8-11,15-16H2. The summed E-state index contributed by atoms with van der Waals surface area (Å²) in [5.41, 5.74) is 1.31. The number of likely N-dealkylation sites (tertiary alicyclic amines) is 1. The van der Waals surface area contributed by atoms with Crippen molar-refractivity contribution in [1.82, 2.24) is 24.3 Å². The van der Waals surface area contributed by atoms with Crippen LogP contribution in [0.3, 0.4) is 0 Å². The number of hydrogen-bond acceptors (Lipinski definition) is 5. The number of nitrogens with zero attached hydrogens (tertiary/aromatic N) is 5. The van der Waals surface area contributed by atoms with E-state index < -0.39 is 5.82 Å². The van der Waals surface area contributed by atoms with Crippen LogP contribution < -0.4 is 0 Å². The number of hydrogen-bond donors (Lipinski definition) is 0. The summed E-state index contributed by atoms with van der Waals surface area (Å²) in [7, 11) is 0. The summed E-state index contributed by atoms with van der Waals surface area (Å²) in [6, 6.07) is 10.8. The number of aromatic nitrogens is 2. The Balaban J connectivity index is 1.09. The van der Waals surface area contributed by atoms with Gasteiger partial charge >= 0.3 is 0 Å². The molecule has 10 heteroatoms. The number of benzene rings is 2. The average molecular weight is 508 g/mol. The molecule has 2 aromatic heterocycles. The van der Waals surface area contributed by atoms with Crippen molar-refractivity contribution < 1.29 is 18.4 Å². The van der Waals surface area contributed by atoms with E-state index in [9.17, 15) is 14.0 Å². The Labute approximate surface area is 210 Å². The molecular formula is C26H23F2N5O2S. The lowest BCUT2D eigenvalue weighted by atomic mass is 10.0. The fourth-order valence-electron chi connectivity index (χ4n) is 4.96. The predicted octanol–water partition coefficient (Wildman–Crippen LogP) is 3.65. The van der Waals surface area contributed by atoms with Gasteiger partial charge in [0.1, 0.15) is 11.6 Å². The van der Waals surface area contributed by atoms with Gasteiger partial charge in [0.05, 0.1) is 5.52 Å². The molecule has 2 aromatic carbocycles. The van der Waals surface area contributed by atoms with Gasteiger partial charge in [0, 0.05) is 79.7 Å². The van der Waals surface area contributed by atoms with Crippen molar-refractivity contribution in [3.8, 4) is 5.69 Å². The lowest BCUT2D eigenvalue weighted by Gasteiger charge is -2.48. The highest BCUT2D eigenvalue weighted by molar-refractivity contribution is 7.11.